The number of hydrogen-bond donors (Lipinski definition) is 1. The van der Waals surface area contributed by atoms with Gasteiger partial charge in [-0.25, -0.2) is 4.98 Å². The number of nitrogens with one attached hydrogen (secondary N) is 1. The predicted octanol–water partition coefficient (Wildman–Crippen LogP) is 3.90. The summed E-state index contributed by atoms with van der Waals surface area (Å²) in [7, 11) is 0. The van der Waals surface area contributed by atoms with Crippen LogP contribution in [0.1, 0.15) is 16.0 Å². The summed E-state index contributed by atoms with van der Waals surface area (Å²) >= 11 is 1.57. The van der Waals surface area contributed by atoms with Crippen molar-refractivity contribution in [2.45, 2.75) is 12.8 Å². The maximum atomic E-state index is 12.1. The Bertz CT molecular complexity index is 839. The lowest BCUT2D eigenvalue weighted by molar-refractivity contribution is -0.115. The van der Waals surface area contributed by atoms with Gasteiger partial charge in [0.1, 0.15) is 0 Å². The summed E-state index contributed by atoms with van der Waals surface area (Å²) in [5.41, 5.74) is 4.54. The zero-order chi connectivity index (χ0) is 14.9. The molecule has 1 N–H and O–H groups in total. The topological polar surface area (TPSA) is 42.0 Å². The quantitative estimate of drug-likeness (QED) is 0.624. The Morgan fingerprint density at radius 3 is 2.73 bits per heavy atom. The van der Waals surface area contributed by atoms with Crippen molar-refractivity contribution in [2.24, 2.45) is 0 Å². The van der Waals surface area contributed by atoms with Crippen LogP contribution in [0.5, 0.6) is 0 Å². The molecule has 0 radical (unpaired) electrons. The highest BCUT2D eigenvalue weighted by Crippen LogP contribution is 2.40. The zero-order valence-electron chi connectivity index (χ0n) is 11.9. The lowest BCUT2D eigenvalue weighted by Crippen LogP contribution is -2.14. The van der Waals surface area contributed by atoms with Crippen LogP contribution >= 0.6 is 11.3 Å². The van der Waals surface area contributed by atoms with Crippen LogP contribution in [0.4, 0.5) is 5.13 Å². The summed E-state index contributed by atoms with van der Waals surface area (Å²) < 4.78 is 0. The van der Waals surface area contributed by atoms with Crippen molar-refractivity contribution in [3.05, 3.63) is 70.6 Å². The highest BCUT2D eigenvalue weighted by molar-refractivity contribution is 7.16. The molecule has 0 spiro atoms. The van der Waals surface area contributed by atoms with Crippen LogP contribution < -0.4 is 5.32 Å². The molecule has 2 aromatic carbocycles. The summed E-state index contributed by atoms with van der Waals surface area (Å²) in [5.74, 6) is -0.0214. The van der Waals surface area contributed by atoms with E-state index in [1.54, 1.807) is 11.3 Å². The van der Waals surface area contributed by atoms with Crippen molar-refractivity contribution < 1.29 is 4.79 Å². The molecule has 3 aromatic rings. The number of benzene rings is 2. The van der Waals surface area contributed by atoms with E-state index >= 15 is 0 Å². The molecule has 1 amide bonds. The molecule has 0 atom stereocenters. The second-order valence-electron chi connectivity index (χ2n) is 5.34. The zero-order valence-corrected chi connectivity index (χ0v) is 12.7. The van der Waals surface area contributed by atoms with Gasteiger partial charge in [-0.05, 0) is 11.1 Å². The number of aromatic nitrogens is 1. The molecule has 1 aliphatic rings. The van der Waals surface area contributed by atoms with Gasteiger partial charge in [0.05, 0.1) is 12.1 Å². The average molecular weight is 306 g/mol. The lowest BCUT2D eigenvalue weighted by Gasteiger charge is -2.02. The molecule has 22 heavy (non-hydrogen) atoms. The third-order valence-corrected chi connectivity index (χ3v) is 4.75. The molecule has 4 heteroatoms. The Hall–Kier alpha value is -2.46. The number of amides is 1. The largest absolute Gasteiger partial charge is 0.302 e. The molecule has 0 fully saturated rings. The molecule has 1 aromatic heterocycles. The number of nitrogens with zero attached hydrogens (tertiary/aromatic N) is 1. The number of fused-ring (bicyclic) bond motifs is 3. The first-order valence-electron chi connectivity index (χ1n) is 7.21. The van der Waals surface area contributed by atoms with Crippen LogP contribution in [0.3, 0.4) is 0 Å². The van der Waals surface area contributed by atoms with Crippen molar-refractivity contribution in [3.63, 3.8) is 0 Å². The van der Waals surface area contributed by atoms with Gasteiger partial charge in [-0.1, -0.05) is 54.6 Å². The van der Waals surface area contributed by atoms with Crippen LogP contribution in [0, 0.1) is 0 Å². The van der Waals surface area contributed by atoms with Crippen molar-refractivity contribution in [3.8, 4) is 11.3 Å². The first-order chi connectivity index (χ1) is 10.8. The van der Waals surface area contributed by atoms with E-state index in [0.717, 1.165) is 17.7 Å². The van der Waals surface area contributed by atoms with Crippen LogP contribution in [-0.2, 0) is 17.6 Å². The van der Waals surface area contributed by atoms with E-state index in [1.165, 1.54) is 16.0 Å². The van der Waals surface area contributed by atoms with Crippen molar-refractivity contribution in [2.75, 3.05) is 5.32 Å². The summed E-state index contributed by atoms with van der Waals surface area (Å²) in [6.07, 6.45) is 1.29. The molecular weight excluding hydrogens is 292 g/mol. The summed E-state index contributed by atoms with van der Waals surface area (Å²) in [6, 6.07) is 18.1. The SMILES string of the molecule is O=C(Cc1ccccc1)Nc1nc2c(s1)Cc1ccccc1-2. The van der Waals surface area contributed by atoms with E-state index in [9.17, 15) is 4.79 Å². The van der Waals surface area contributed by atoms with Gasteiger partial charge in [0.25, 0.3) is 0 Å². The van der Waals surface area contributed by atoms with Crippen LogP contribution in [-0.4, -0.2) is 10.9 Å². The van der Waals surface area contributed by atoms with Gasteiger partial charge in [-0.3, -0.25) is 4.79 Å². The lowest BCUT2D eigenvalue weighted by atomic mass is 10.1. The van der Waals surface area contributed by atoms with Crippen LogP contribution in [0.2, 0.25) is 0 Å². The third kappa shape index (κ3) is 2.42. The molecule has 1 heterocycles. The fourth-order valence-corrected chi connectivity index (χ4v) is 3.77. The molecule has 0 saturated carbocycles. The molecule has 3 nitrogen and oxygen atoms in total. The second kappa shape index (κ2) is 5.39. The summed E-state index contributed by atoms with van der Waals surface area (Å²) in [6.45, 7) is 0. The Kier molecular flexibility index (Phi) is 3.24. The molecule has 0 bridgehead atoms. The number of rotatable bonds is 3. The van der Waals surface area contributed by atoms with Gasteiger partial charge in [0, 0.05) is 16.9 Å². The molecule has 0 aliphatic heterocycles. The van der Waals surface area contributed by atoms with E-state index in [1.807, 2.05) is 36.4 Å². The van der Waals surface area contributed by atoms with Crippen molar-refractivity contribution in [1.29, 1.82) is 0 Å². The first kappa shape index (κ1) is 13.2. The van der Waals surface area contributed by atoms with E-state index < -0.39 is 0 Å². The van der Waals surface area contributed by atoms with Gasteiger partial charge >= 0.3 is 0 Å². The van der Waals surface area contributed by atoms with Gasteiger partial charge in [0.2, 0.25) is 5.91 Å². The summed E-state index contributed by atoms with van der Waals surface area (Å²) in [5, 5.41) is 3.61. The Morgan fingerprint density at radius 2 is 1.86 bits per heavy atom. The molecule has 4 rings (SSSR count). The monoisotopic (exact) mass is 306 g/mol. The van der Waals surface area contributed by atoms with E-state index in [0.29, 0.717) is 11.6 Å². The standard InChI is InChI=1S/C18H14N2OS/c21-16(10-12-6-2-1-3-7-12)19-18-20-17-14-9-5-4-8-13(14)11-15(17)22-18/h1-9H,10-11H2,(H,19,20,21). The van der Waals surface area contributed by atoms with Gasteiger partial charge in [-0.2, -0.15) is 0 Å². The minimum atomic E-state index is -0.0214. The van der Waals surface area contributed by atoms with Gasteiger partial charge in [-0.15, -0.1) is 11.3 Å². The Balaban J connectivity index is 1.51. The maximum Gasteiger partial charge on any atom is 0.230 e. The van der Waals surface area contributed by atoms with Gasteiger partial charge in [0.15, 0.2) is 5.13 Å². The number of hydrogen-bond acceptors (Lipinski definition) is 3. The molecule has 0 unspecified atom stereocenters. The van der Waals surface area contributed by atoms with Gasteiger partial charge < -0.3 is 5.32 Å². The van der Waals surface area contributed by atoms with Crippen molar-refractivity contribution >= 4 is 22.4 Å². The normalized spacial score (nSPS) is 11.8. The highest BCUT2D eigenvalue weighted by Gasteiger charge is 2.23. The second-order valence-corrected chi connectivity index (χ2v) is 6.42. The first-order valence-corrected chi connectivity index (χ1v) is 8.03. The molecule has 0 saturated heterocycles. The van der Waals surface area contributed by atoms with E-state index in [-0.39, 0.29) is 5.91 Å². The maximum absolute atomic E-state index is 12.1. The Labute approximate surface area is 132 Å². The number of thiazole rings is 1. The van der Waals surface area contributed by atoms with E-state index in [4.69, 9.17) is 0 Å². The minimum absolute atomic E-state index is 0.0214. The Morgan fingerprint density at radius 1 is 1.09 bits per heavy atom. The third-order valence-electron chi connectivity index (χ3n) is 3.77. The fourth-order valence-electron chi connectivity index (χ4n) is 2.76. The molecule has 108 valence electrons. The number of carbonyl (C=O) groups excluding carboxylic acids is 1. The number of anilines is 1. The minimum Gasteiger partial charge on any atom is -0.302 e. The molecule has 1 aliphatic carbocycles. The average Bonchev–Trinajstić information content (AvgIpc) is 3.05. The predicted molar refractivity (Wildman–Crippen MR) is 89.1 cm³/mol. The van der Waals surface area contributed by atoms with Crippen LogP contribution in [0.15, 0.2) is 54.6 Å². The smallest absolute Gasteiger partial charge is 0.230 e. The number of carbonyl (C=O) groups is 1. The van der Waals surface area contributed by atoms with Crippen molar-refractivity contribution in [1.82, 2.24) is 4.98 Å². The summed E-state index contributed by atoms with van der Waals surface area (Å²) in [4.78, 5) is 17.9. The fraction of sp³-hybridized carbons (Fsp3) is 0.111. The van der Waals surface area contributed by atoms with Crippen LogP contribution in [0.25, 0.3) is 11.3 Å². The molecular formula is C18H14N2OS. The van der Waals surface area contributed by atoms with E-state index in [2.05, 4.69) is 28.5 Å². The highest BCUT2D eigenvalue weighted by atomic mass is 32.1.